The Balaban J connectivity index is 2.06. The lowest BCUT2D eigenvalue weighted by molar-refractivity contribution is -0.137. The highest BCUT2D eigenvalue weighted by Gasteiger charge is 2.31. The van der Waals surface area contributed by atoms with E-state index in [1.54, 1.807) is 0 Å². The molecule has 138 valence electrons. The average Bonchev–Trinajstić information content (AvgIpc) is 3.02. The van der Waals surface area contributed by atoms with Crippen LogP contribution in [-0.2, 0) is 22.7 Å². The third-order valence-corrected chi connectivity index (χ3v) is 4.81. The fourth-order valence-electron chi connectivity index (χ4n) is 2.02. The van der Waals surface area contributed by atoms with E-state index in [9.17, 15) is 26.7 Å². The number of aliphatic hydroxyl groups excluding tert-OH is 1. The molecule has 0 fully saturated rings. The van der Waals surface area contributed by atoms with Gasteiger partial charge in [-0.3, -0.25) is 4.68 Å². The molecule has 0 radical (unpaired) electrons. The van der Waals surface area contributed by atoms with Crippen molar-refractivity contribution in [3.05, 3.63) is 47.3 Å². The summed E-state index contributed by atoms with van der Waals surface area (Å²) in [5, 5.41) is 17.6. The maximum atomic E-state index is 12.7. The molecule has 0 spiro atoms. The van der Waals surface area contributed by atoms with E-state index in [4.69, 9.17) is 0 Å². The molecule has 7 nitrogen and oxygen atoms in total. The van der Waals surface area contributed by atoms with Crippen molar-refractivity contribution in [2.75, 3.05) is 12.3 Å². The zero-order valence-corrected chi connectivity index (χ0v) is 14.0. The van der Waals surface area contributed by atoms with E-state index >= 15 is 0 Å². The van der Waals surface area contributed by atoms with Gasteiger partial charge in [0.25, 0.3) is 0 Å². The minimum atomic E-state index is -4.51. The van der Waals surface area contributed by atoms with Crippen LogP contribution in [0.2, 0.25) is 0 Å². The largest absolute Gasteiger partial charge is 0.416 e. The summed E-state index contributed by atoms with van der Waals surface area (Å²) >= 11 is 0. The number of rotatable bonds is 7. The second-order valence-electron chi connectivity index (χ2n) is 5.23. The predicted molar refractivity (Wildman–Crippen MR) is 83.0 cm³/mol. The summed E-state index contributed by atoms with van der Waals surface area (Å²) in [4.78, 5) is 0. The maximum absolute atomic E-state index is 12.7. The van der Waals surface area contributed by atoms with Crippen molar-refractivity contribution >= 4 is 10.0 Å². The molecule has 1 aromatic heterocycles. The van der Waals surface area contributed by atoms with Crippen LogP contribution in [0, 0.1) is 0 Å². The Morgan fingerprint density at radius 1 is 1.36 bits per heavy atom. The second-order valence-corrected chi connectivity index (χ2v) is 7.33. The van der Waals surface area contributed by atoms with Gasteiger partial charge >= 0.3 is 6.18 Å². The minimum absolute atomic E-state index is 0.0357. The fraction of sp³-hybridized carbons (Fsp3) is 0.429. The Morgan fingerprint density at radius 2 is 2.08 bits per heavy atom. The first kappa shape index (κ1) is 19.3. The molecule has 0 aliphatic carbocycles. The number of sulfonamides is 1. The summed E-state index contributed by atoms with van der Waals surface area (Å²) in [5.41, 5.74) is -0.767. The molecule has 1 heterocycles. The molecular formula is C14H17F3N4O3S. The van der Waals surface area contributed by atoms with Crippen molar-refractivity contribution in [2.45, 2.75) is 25.7 Å². The normalized spacial score (nSPS) is 13.8. The van der Waals surface area contributed by atoms with Crippen LogP contribution in [-0.4, -0.2) is 40.8 Å². The number of hydrogen-bond donors (Lipinski definition) is 2. The number of benzene rings is 1. The smallest absolute Gasteiger partial charge is 0.382 e. The number of nitrogens with zero attached hydrogens (tertiary/aromatic N) is 3. The third kappa shape index (κ3) is 5.25. The quantitative estimate of drug-likeness (QED) is 0.757. The van der Waals surface area contributed by atoms with Gasteiger partial charge in [0.2, 0.25) is 10.0 Å². The highest BCUT2D eigenvalue weighted by atomic mass is 32.2. The average molecular weight is 378 g/mol. The zero-order valence-electron chi connectivity index (χ0n) is 13.2. The van der Waals surface area contributed by atoms with Gasteiger partial charge in [0.15, 0.2) is 0 Å². The number of alkyl halides is 3. The lowest BCUT2D eigenvalue weighted by atomic mass is 10.0. The predicted octanol–water partition coefficient (Wildman–Crippen LogP) is 1.32. The Bertz CT molecular complexity index is 821. The van der Waals surface area contributed by atoms with Crippen LogP contribution in [0.3, 0.4) is 0 Å². The standard InChI is InChI=1S/C14H17F3N4O3S/c1-2-25(23,24)18-6-7-21-9-12(19-20-21)13(22)10-4-3-5-11(8-10)14(15,16)17/h3-5,8-9,13,18,22H,2,6-7H2,1H3. The van der Waals surface area contributed by atoms with E-state index < -0.39 is 27.9 Å². The van der Waals surface area contributed by atoms with Crippen LogP contribution < -0.4 is 4.72 Å². The van der Waals surface area contributed by atoms with Crippen LogP contribution in [0.15, 0.2) is 30.5 Å². The van der Waals surface area contributed by atoms with Gasteiger partial charge in [0.1, 0.15) is 11.8 Å². The molecule has 1 unspecified atom stereocenters. The summed E-state index contributed by atoms with van der Waals surface area (Å²) in [5.74, 6) is -0.0517. The highest BCUT2D eigenvalue weighted by Crippen LogP contribution is 2.31. The van der Waals surface area contributed by atoms with Crippen LogP contribution in [0.25, 0.3) is 0 Å². The topological polar surface area (TPSA) is 97.1 Å². The molecule has 0 bridgehead atoms. The van der Waals surface area contributed by atoms with Crippen molar-refractivity contribution in [2.24, 2.45) is 0 Å². The lowest BCUT2D eigenvalue weighted by Gasteiger charge is -2.11. The number of nitrogens with one attached hydrogen (secondary N) is 1. The number of aliphatic hydroxyl groups is 1. The van der Waals surface area contributed by atoms with E-state index in [0.717, 1.165) is 12.1 Å². The third-order valence-electron chi connectivity index (χ3n) is 3.41. The fourth-order valence-corrected chi connectivity index (χ4v) is 2.63. The molecule has 1 atom stereocenters. The van der Waals surface area contributed by atoms with E-state index in [0.29, 0.717) is 0 Å². The van der Waals surface area contributed by atoms with Crippen molar-refractivity contribution < 1.29 is 26.7 Å². The second kappa shape index (κ2) is 7.50. The van der Waals surface area contributed by atoms with Crippen LogP contribution in [0.5, 0.6) is 0 Å². The maximum Gasteiger partial charge on any atom is 0.416 e. The van der Waals surface area contributed by atoms with Crippen LogP contribution >= 0.6 is 0 Å². The number of hydrogen-bond acceptors (Lipinski definition) is 5. The Kier molecular flexibility index (Phi) is 5.80. The van der Waals surface area contributed by atoms with E-state index in [1.165, 1.54) is 29.9 Å². The molecular weight excluding hydrogens is 361 g/mol. The van der Waals surface area contributed by atoms with Crippen molar-refractivity contribution in [1.29, 1.82) is 0 Å². The molecule has 0 aliphatic rings. The molecule has 11 heteroatoms. The van der Waals surface area contributed by atoms with Crippen LogP contribution in [0.1, 0.15) is 29.8 Å². The summed E-state index contributed by atoms with van der Waals surface area (Å²) < 4.78 is 64.5. The molecule has 0 saturated carbocycles. The first-order valence-electron chi connectivity index (χ1n) is 7.35. The van der Waals surface area contributed by atoms with E-state index in [-0.39, 0.29) is 30.1 Å². The minimum Gasteiger partial charge on any atom is -0.382 e. The molecule has 2 aromatic rings. The summed E-state index contributed by atoms with van der Waals surface area (Å²) in [6, 6.07) is 4.31. The Labute approximate surface area is 142 Å². The molecule has 0 amide bonds. The summed E-state index contributed by atoms with van der Waals surface area (Å²) in [7, 11) is -3.33. The van der Waals surface area contributed by atoms with Crippen molar-refractivity contribution in [3.8, 4) is 0 Å². The number of aromatic nitrogens is 3. The van der Waals surface area contributed by atoms with Gasteiger partial charge in [-0.25, -0.2) is 13.1 Å². The van der Waals surface area contributed by atoms with Gasteiger partial charge in [-0.05, 0) is 24.6 Å². The molecule has 25 heavy (non-hydrogen) atoms. The molecule has 0 aliphatic heterocycles. The lowest BCUT2D eigenvalue weighted by Crippen LogP contribution is -2.28. The SMILES string of the molecule is CCS(=O)(=O)NCCn1cc(C(O)c2cccc(C(F)(F)F)c2)nn1. The Morgan fingerprint density at radius 3 is 2.72 bits per heavy atom. The van der Waals surface area contributed by atoms with Gasteiger partial charge in [-0.1, -0.05) is 17.3 Å². The highest BCUT2D eigenvalue weighted by molar-refractivity contribution is 7.89. The van der Waals surface area contributed by atoms with Crippen molar-refractivity contribution in [3.63, 3.8) is 0 Å². The Hall–Kier alpha value is -1.98. The molecule has 1 aromatic carbocycles. The molecule has 2 N–H and O–H groups in total. The van der Waals surface area contributed by atoms with E-state index in [2.05, 4.69) is 15.0 Å². The van der Waals surface area contributed by atoms with Gasteiger partial charge in [-0.15, -0.1) is 5.10 Å². The zero-order chi connectivity index (χ0) is 18.7. The summed E-state index contributed by atoms with van der Waals surface area (Å²) in [6.07, 6.45) is -4.53. The monoisotopic (exact) mass is 378 g/mol. The van der Waals surface area contributed by atoms with Gasteiger partial charge in [0, 0.05) is 6.54 Å². The van der Waals surface area contributed by atoms with E-state index in [1.807, 2.05) is 0 Å². The number of halogens is 3. The van der Waals surface area contributed by atoms with Crippen LogP contribution in [0.4, 0.5) is 13.2 Å². The van der Waals surface area contributed by atoms with Gasteiger partial charge in [-0.2, -0.15) is 13.2 Å². The van der Waals surface area contributed by atoms with Gasteiger partial charge in [0.05, 0.1) is 24.1 Å². The first-order valence-corrected chi connectivity index (χ1v) is 9.00. The molecule has 2 rings (SSSR count). The first-order chi connectivity index (χ1) is 11.6. The molecule has 0 saturated heterocycles. The van der Waals surface area contributed by atoms with Gasteiger partial charge < -0.3 is 5.11 Å². The summed E-state index contributed by atoms with van der Waals surface area (Å²) in [6.45, 7) is 1.75. The van der Waals surface area contributed by atoms with Crippen molar-refractivity contribution in [1.82, 2.24) is 19.7 Å².